The van der Waals surface area contributed by atoms with Gasteiger partial charge in [-0.1, -0.05) is 41.9 Å². The van der Waals surface area contributed by atoms with Gasteiger partial charge in [-0.05, 0) is 25.0 Å². The van der Waals surface area contributed by atoms with Crippen molar-refractivity contribution in [3.63, 3.8) is 0 Å². The zero-order valence-corrected chi connectivity index (χ0v) is 14.8. The number of halogens is 1. The first-order valence-electron chi connectivity index (χ1n) is 8.55. The summed E-state index contributed by atoms with van der Waals surface area (Å²) in [6.07, 6.45) is 2.69. The molecule has 130 valence electrons. The molecule has 0 aliphatic carbocycles. The number of fused-ring (bicyclic) bond motifs is 1. The van der Waals surface area contributed by atoms with E-state index in [1.165, 1.54) is 5.56 Å². The van der Waals surface area contributed by atoms with Crippen molar-refractivity contribution in [3.05, 3.63) is 59.0 Å². The van der Waals surface area contributed by atoms with Crippen molar-refractivity contribution in [2.75, 3.05) is 13.2 Å². The van der Waals surface area contributed by atoms with Crippen LogP contribution in [0, 0.1) is 0 Å². The van der Waals surface area contributed by atoms with Crippen LogP contribution in [-0.4, -0.2) is 34.1 Å². The molecule has 0 bridgehead atoms. The minimum absolute atomic E-state index is 0.0325. The van der Waals surface area contributed by atoms with Crippen molar-refractivity contribution in [2.24, 2.45) is 0 Å². The smallest absolute Gasteiger partial charge is 0.131 e. The van der Waals surface area contributed by atoms with Gasteiger partial charge in [0.25, 0.3) is 0 Å². The summed E-state index contributed by atoms with van der Waals surface area (Å²) in [6.45, 7) is 4.09. The van der Waals surface area contributed by atoms with Crippen molar-refractivity contribution in [3.8, 4) is 0 Å². The minimum Gasteiger partial charge on any atom is -0.378 e. The molecule has 1 aliphatic rings. The molecule has 2 aromatic heterocycles. The van der Waals surface area contributed by atoms with E-state index in [0.29, 0.717) is 18.4 Å². The predicted octanol–water partition coefficient (Wildman–Crippen LogP) is 3.80. The number of nitrogens with zero attached hydrogens (tertiary/aromatic N) is 3. The second-order valence-corrected chi connectivity index (χ2v) is 6.52. The first kappa shape index (κ1) is 16.5. The van der Waals surface area contributed by atoms with Crippen molar-refractivity contribution < 1.29 is 9.47 Å². The largest absolute Gasteiger partial charge is 0.378 e. The quantitative estimate of drug-likeness (QED) is 0.366. The zero-order valence-electron chi connectivity index (χ0n) is 14.1. The SMILES string of the molecule is CCn1ncc2cc(Cl)nc(C3O[C@H]3COCCc3ccccc3)c21. The molecule has 0 amide bonds. The van der Waals surface area contributed by atoms with Gasteiger partial charge in [0.1, 0.15) is 17.4 Å². The van der Waals surface area contributed by atoms with Gasteiger partial charge in [0, 0.05) is 11.9 Å². The Morgan fingerprint density at radius 3 is 2.92 bits per heavy atom. The fourth-order valence-corrected chi connectivity index (χ4v) is 3.31. The van der Waals surface area contributed by atoms with Crippen molar-refractivity contribution in [1.29, 1.82) is 0 Å². The monoisotopic (exact) mass is 357 g/mol. The van der Waals surface area contributed by atoms with Crippen LogP contribution < -0.4 is 0 Å². The normalized spacial score (nSPS) is 19.4. The molecule has 5 nitrogen and oxygen atoms in total. The summed E-state index contributed by atoms with van der Waals surface area (Å²) >= 11 is 6.16. The third kappa shape index (κ3) is 3.54. The summed E-state index contributed by atoms with van der Waals surface area (Å²) in [5.74, 6) is 0. The number of ether oxygens (including phenoxy) is 2. The van der Waals surface area contributed by atoms with E-state index < -0.39 is 0 Å². The molecule has 0 spiro atoms. The van der Waals surface area contributed by atoms with Crippen molar-refractivity contribution >= 4 is 22.5 Å². The molecule has 1 fully saturated rings. The molecule has 25 heavy (non-hydrogen) atoms. The van der Waals surface area contributed by atoms with Crippen LogP contribution in [0.2, 0.25) is 5.15 Å². The summed E-state index contributed by atoms with van der Waals surface area (Å²) in [6, 6.07) is 12.2. The van der Waals surface area contributed by atoms with E-state index in [2.05, 4.69) is 29.1 Å². The number of aromatic nitrogens is 3. The van der Waals surface area contributed by atoms with E-state index in [9.17, 15) is 0 Å². The molecule has 3 heterocycles. The molecule has 1 saturated heterocycles. The maximum Gasteiger partial charge on any atom is 0.131 e. The highest BCUT2D eigenvalue weighted by Gasteiger charge is 2.43. The third-order valence-electron chi connectivity index (χ3n) is 4.42. The van der Waals surface area contributed by atoms with E-state index in [-0.39, 0.29) is 12.2 Å². The number of rotatable bonds is 7. The lowest BCUT2D eigenvalue weighted by Gasteiger charge is -2.05. The second kappa shape index (κ2) is 7.12. The van der Waals surface area contributed by atoms with E-state index in [1.807, 2.05) is 35.1 Å². The van der Waals surface area contributed by atoms with Crippen LogP contribution in [0.5, 0.6) is 0 Å². The summed E-state index contributed by atoms with van der Waals surface area (Å²) in [4.78, 5) is 4.49. The molecular weight excluding hydrogens is 338 g/mol. The summed E-state index contributed by atoms with van der Waals surface area (Å²) in [5.41, 5.74) is 3.14. The number of benzene rings is 1. The average molecular weight is 358 g/mol. The Kier molecular flexibility index (Phi) is 4.70. The summed E-state index contributed by atoms with van der Waals surface area (Å²) in [5, 5.41) is 5.86. The van der Waals surface area contributed by atoms with Gasteiger partial charge in [0.2, 0.25) is 0 Å². The first-order chi connectivity index (χ1) is 12.3. The Bertz CT molecular complexity index is 866. The number of aryl methyl sites for hydroxylation is 1. The maximum atomic E-state index is 6.16. The van der Waals surface area contributed by atoms with Crippen LogP contribution in [0.15, 0.2) is 42.6 Å². The fourth-order valence-electron chi connectivity index (χ4n) is 3.10. The van der Waals surface area contributed by atoms with Gasteiger partial charge in [-0.15, -0.1) is 0 Å². The highest BCUT2D eigenvalue weighted by Crippen LogP contribution is 2.41. The predicted molar refractivity (Wildman–Crippen MR) is 96.8 cm³/mol. The highest BCUT2D eigenvalue weighted by molar-refractivity contribution is 6.30. The third-order valence-corrected chi connectivity index (χ3v) is 4.62. The lowest BCUT2D eigenvalue weighted by molar-refractivity contribution is 0.119. The molecule has 0 N–H and O–H groups in total. The van der Waals surface area contributed by atoms with Gasteiger partial charge >= 0.3 is 0 Å². The topological polar surface area (TPSA) is 52.5 Å². The number of pyridine rings is 1. The van der Waals surface area contributed by atoms with Gasteiger partial charge in [0.15, 0.2) is 0 Å². The highest BCUT2D eigenvalue weighted by atomic mass is 35.5. The number of hydrogen-bond donors (Lipinski definition) is 0. The Morgan fingerprint density at radius 1 is 1.28 bits per heavy atom. The lowest BCUT2D eigenvalue weighted by atomic mass is 10.1. The van der Waals surface area contributed by atoms with Crippen LogP contribution in [0.1, 0.15) is 24.3 Å². The molecule has 1 unspecified atom stereocenters. The van der Waals surface area contributed by atoms with Gasteiger partial charge in [0.05, 0.1) is 30.6 Å². The van der Waals surface area contributed by atoms with Crippen LogP contribution in [0.4, 0.5) is 0 Å². The molecule has 3 aromatic rings. The molecule has 1 aromatic carbocycles. The van der Waals surface area contributed by atoms with Gasteiger partial charge < -0.3 is 9.47 Å². The molecular formula is C19H20ClN3O2. The van der Waals surface area contributed by atoms with Crippen LogP contribution in [0.25, 0.3) is 10.9 Å². The first-order valence-corrected chi connectivity index (χ1v) is 8.93. The van der Waals surface area contributed by atoms with Crippen molar-refractivity contribution in [2.45, 2.75) is 32.1 Å². The number of epoxide rings is 1. The Labute approximate surface area is 151 Å². The molecule has 4 rings (SSSR count). The molecule has 2 atom stereocenters. The van der Waals surface area contributed by atoms with Crippen LogP contribution in [0.3, 0.4) is 0 Å². The van der Waals surface area contributed by atoms with Crippen LogP contribution >= 0.6 is 11.6 Å². The molecule has 0 radical (unpaired) electrons. The average Bonchev–Trinajstić information content (AvgIpc) is 3.29. The van der Waals surface area contributed by atoms with Gasteiger partial charge in [-0.25, -0.2) is 4.98 Å². The molecule has 6 heteroatoms. The van der Waals surface area contributed by atoms with Crippen molar-refractivity contribution in [1.82, 2.24) is 14.8 Å². The second-order valence-electron chi connectivity index (χ2n) is 6.13. The molecule has 0 saturated carbocycles. The summed E-state index contributed by atoms with van der Waals surface area (Å²) in [7, 11) is 0. The number of hydrogen-bond acceptors (Lipinski definition) is 4. The standard InChI is InChI=1S/C19H20ClN3O2/c1-2-23-18-14(11-21-23)10-16(20)22-17(18)19-15(25-19)12-24-9-8-13-6-4-3-5-7-13/h3-7,10-11,15,19H,2,8-9,12H2,1H3/t15-,19?/m0/s1. The van der Waals surface area contributed by atoms with Gasteiger partial charge in [-0.2, -0.15) is 5.10 Å². The molecule has 1 aliphatic heterocycles. The van der Waals surface area contributed by atoms with E-state index in [4.69, 9.17) is 21.1 Å². The van der Waals surface area contributed by atoms with Crippen LogP contribution in [-0.2, 0) is 22.4 Å². The van der Waals surface area contributed by atoms with Gasteiger partial charge in [-0.3, -0.25) is 4.68 Å². The Morgan fingerprint density at radius 2 is 2.12 bits per heavy atom. The fraction of sp³-hybridized carbons (Fsp3) is 0.368. The van der Waals surface area contributed by atoms with E-state index >= 15 is 0 Å². The maximum absolute atomic E-state index is 6.16. The zero-order chi connectivity index (χ0) is 17.2. The summed E-state index contributed by atoms with van der Waals surface area (Å²) < 4.78 is 13.5. The lowest BCUT2D eigenvalue weighted by Crippen LogP contribution is -2.07. The van der Waals surface area contributed by atoms with E-state index in [0.717, 1.165) is 29.6 Å². The Hall–Kier alpha value is -1.95. The van der Waals surface area contributed by atoms with E-state index in [1.54, 1.807) is 0 Å². The minimum atomic E-state index is -0.0695. The Balaban J connectivity index is 1.38.